The van der Waals surface area contributed by atoms with Crippen LogP contribution in [0.4, 0.5) is 4.39 Å². The fourth-order valence-electron chi connectivity index (χ4n) is 2.50. The first-order chi connectivity index (χ1) is 12.0. The molecule has 1 heterocycles. The van der Waals surface area contributed by atoms with Gasteiger partial charge in [-0.05, 0) is 40.6 Å². The Bertz CT molecular complexity index is 790. The minimum Gasteiger partial charge on any atom is -0.343 e. The summed E-state index contributed by atoms with van der Waals surface area (Å²) in [4.78, 5) is 30.1. The van der Waals surface area contributed by atoms with Crippen molar-refractivity contribution in [3.05, 3.63) is 83.7 Å². The van der Waals surface area contributed by atoms with E-state index in [0.29, 0.717) is 11.1 Å². The summed E-state index contributed by atoms with van der Waals surface area (Å²) in [5, 5.41) is 2.57. The predicted octanol–water partition coefficient (Wildman–Crippen LogP) is 2.76. The topological polar surface area (TPSA) is 49.9 Å². The Hall–Kier alpha value is -2.99. The second-order valence-corrected chi connectivity index (χ2v) is 5.76. The van der Waals surface area contributed by atoms with Crippen LogP contribution in [-0.2, 0) is 16.1 Å². The third-order valence-corrected chi connectivity index (χ3v) is 3.76. The first kappa shape index (κ1) is 16.9. The van der Waals surface area contributed by atoms with Crippen LogP contribution in [0.25, 0.3) is 0 Å². The van der Waals surface area contributed by atoms with Crippen molar-refractivity contribution in [1.82, 2.24) is 10.2 Å². The number of hydrogen-bond acceptors (Lipinski definition) is 4. The van der Waals surface area contributed by atoms with Crippen molar-refractivity contribution in [1.29, 1.82) is 0 Å². The van der Waals surface area contributed by atoms with Gasteiger partial charge in [-0.2, -0.15) is 0 Å². The van der Waals surface area contributed by atoms with Crippen molar-refractivity contribution < 1.29 is 18.8 Å². The van der Waals surface area contributed by atoms with Crippen LogP contribution >= 0.6 is 0 Å². The standard InChI is InChI=1S/C19H17FN2O3/c1-14-12-21(18(23)11-15-7-9-17(20)10-8-15)22(13-14)25-19(24)16-5-3-2-4-6-16/h2-10H,1,11-13H2. The van der Waals surface area contributed by atoms with Crippen LogP contribution in [0, 0.1) is 5.82 Å². The molecule has 25 heavy (non-hydrogen) atoms. The fraction of sp³-hybridized carbons (Fsp3) is 0.158. The summed E-state index contributed by atoms with van der Waals surface area (Å²) >= 11 is 0. The molecule has 0 bridgehead atoms. The lowest BCUT2D eigenvalue weighted by Gasteiger charge is -2.25. The molecule has 6 heteroatoms. The van der Waals surface area contributed by atoms with Gasteiger partial charge in [0.05, 0.1) is 25.1 Å². The van der Waals surface area contributed by atoms with Gasteiger partial charge in [0.25, 0.3) is 0 Å². The van der Waals surface area contributed by atoms with Gasteiger partial charge in [-0.3, -0.25) is 4.79 Å². The average molecular weight is 340 g/mol. The Morgan fingerprint density at radius 2 is 1.72 bits per heavy atom. The van der Waals surface area contributed by atoms with E-state index in [-0.39, 0.29) is 31.2 Å². The van der Waals surface area contributed by atoms with Crippen molar-refractivity contribution in [2.24, 2.45) is 0 Å². The summed E-state index contributed by atoms with van der Waals surface area (Å²) in [6.07, 6.45) is 0.0763. The number of carbonyl (C=O) groups is 2. The largest absolute Gasteiger partial charge is 0.358 e. The highest BCUT2D eigenvalue weighted by Crippen LogP contribution is 2.18. The first-order valence-corrected chi connectivity index (χ1v) is 7.79. The van der Waals surface area contributed by atoms with Gasteiger partial charge >= 0.3 is 5.97 Å². The minimum absolute atomic E-state index is 0.0763. The zero-order valence-corrected chi connectivity index (χ0v) is 13.5. The molecular weight excluding hydrogens is 323 g/mol. The van der Waals surface area contributed by atoms with Crippen LogP contribution in [0.5, 0.6) is 0 Å². The van der Waals surface area contributed by atoms with Gasteiger partial charge in [0.2, 0.25) is 5.91 Å². The average Bonchev–Trinajstić information content (AvgIpc) is 2.98. The van der Waals surface area contributed by atoms with Crippen LogP contribution in [0.2, 0.25) is 0 Å². The maximum Gasteiger partial charge on any atom is 0.358 e. The van der Waals surface area contributed by atoms with Crippen LogP contribution < -0.4 is 0 Å². The lowest BCUT2D eigenvalue weighted by atomic mass is 10.1. The molecule has 128 valence electrons. The molecular formula is C19H17FN2O3. The molecule has 0 aliphatic carbocycles. The van der Waals surface area contributed by atoms with Crippen LogP contribution in [-0.4, -0.2) is 35.1 Å². The smallest absolute Gasteiger partial charge is 0.343 e. The van der Waals surface area contributed by atoms with E-state index < -0.39 is 5.97 Å². The Kier molecular flexibility index (Phi) is 4.90. The van der Waals surface area contributed by atoms with E-state index in [9.17, 15) is 14.0 Å². The van der Waals surface area contributed by atoms with Gasteiger partial charge in [0.1, 0.15) is 5.82 Å². The summed E-state index contributed by atoms with van der Waals surface area (Å²) < 4.78 is 13.0. The summed E-state index contributed by atoms with van der Waals surface area (Å²) in [6, 6.07) is 14.3. The Balaban J connectivity index is 1.68. The van der Waals surface area contributed by atoms with Crippen LogP contribution in [0.3, 0.4) is 0 Å². The number of hydrazine groups is 1. The lowest BCUT2D eigenvalue weighted by Crippen LogP contribution is -2.43. The summed E-state index contributed by atoms with van der Waals surface area (Å²) in [6.45, 7) is 4.40. The molecule has 1 amide bonds. The molecule has 2 aromatic carbocycles. The molecule has 1 aliphatic rings. The molecule has 0 spiro atoms. The molecule has 3 rings (SSSR count). The maximum atomic E-state index is 13.0. The van der Waals surface area contributed by atoms with E-state index in [1.54, 1.807) is 42.5 Å². The van der Waals surface area contributed by atoms with Gasteiger partial charge in [0, 0.05) is 0 Å². The van der Waals surface area contributed by atoms with E-state index in [1.807, 2.05) is 0 Å². The molecule has 1 saturated heterocycles. The van der Waals surface area contributed by atoms with Gasteiger partial charge in [0.15, 0.2) is 0 Å². The van der Waals surface area contributed by atoms with E-state index in [4.69, 9.17) is 4.84 Å². The molecule has 1 fully saturated rings. The number of carbonyl (C=O) groups excluding carboxylic acids is 2. The highest BCUT2D eigenvalue weighted by atomic mass is 19.1. The van der Waals surface area contributed by atoms with E-state index in [0.717, 1.165) is 5.57 Å². The molecule has 2 aromatic rings. The van der Waals surface area contributed by atoms with E-state index in [2.05, 4.69) is 6.58 Å². The summed E-state index contributed by atoms with van der Waals surface area (Å²) in [5.74, 6) is -1.16. The molecule has 5 nitrogen and oxygen atoms in total. The number of hydroxylamine groups is 1. The third-order valence-electron chi connectivity index (χ3n) is 3.76. The molecule has 0 radical (unpaired) electrons. The Morgan fingerprint density at radius 1 is 1.04 bits per heavy atom. The van der Waals surface area contributed by atoms with Gasteiger partial charge < -0.3 is 4.84 Å². The first-order valence-electron chi connectivity index (χ1n) is 7.79. The van der Waals surface area contributed by atoms with Crippen molar-refractivity contribution >= 4 is 11.9 Å². The van der Waals surface area contributed by atoms with E-state index in [1.165, 1.54) is 22.3 Å². The number of amides is 1. The molecule has 0 atom stereocenters. The van der Waals surface area contributed by atoms with Crippen LogP contribution in [0.15, 0.2) is 66.7 Å². The minimum atomic E-state index is -0.546. The predicted molar refractivity (Wildman–Crippen MR) is 89.5 cm³/mol. The SMILES string of the molecule is C=C1CN(OC(=O)c2ccccc2)N(C(=O)Cc2ccc(F)cc2)C1. The van der Waals surface area contributed by atoms with Gasteiger partial charge in [-0.15, -0.1) is 0 Å². The molecule has 0 aromatic heterocycles. The summed E-state index contributed by atoms with van der Waals surface area (Å²) in [5.41, 5.74) is 1.83. The number of rotatable bonds is 4. The monoisotopic (exact) mass is 340 g/mol. The number of benzene rings is 2. The summed E-state index contributed by atoms with van der Waals surface area (Å²) in [7, 11) is 0. The maximum absolute atomic E-state index is 13.0. The second-order valence-electron chi connectivity index (χ2n) is 5.76. The zero-order valence-electron chi connectivity index (χ0n) is 13.5. The van der Waals surface area contributed by atoms with Crippen molar-refractivity contribution in [3.63, 3.8) is 0 Å². The van der Waals surface area contributed by atoms with Crippen LogP contribution in [0.1, 0.15) is 15.9 Å². The number of nitrogens with zero attached hydrogens (tertiary/aromatic N) is 2. The molecule has 1 aliphatic heterocycles. The second kappa shape index (κ2) is 7.27. The lowest BCUT2D eigenvalue weighted by molar-refractivity contribution is -0.217. The van der Waals surface area contributed by atoms with Gasteiger partial charge in [-0.1, -0.05) is 36.9 Å². The molecule has 0 unspecified atom stereocenters. The normalized spacial score (nSPS) is 14.6. The number of halogens is 1. The van der Waals surface area contributed by atoms with Crippen molar-refractivity contribution in [2.75, 3.05) is 13.1 Å². The fourth-order valence-corrected chi connectivity index (χ4v) is 2.50. The highest BCUT2D eigenvalue weighted by molar-refractivity contribution is 5.89. The Labute approximate surface area is 144 Å². The number of hydrogen-bond donors (Lipinski definition) is 0. The zero-order chi connectivity index (χ0) is 17.8. The molecule has 0 N–H and O–H groups in total. The Morgan fingerprint density at radius 3 is 2.40 bits per heavy atom. The highest BCUT2D eigenvalue weighted by Gasteiger charge is 2.32. The van der Waals surface area contributed by atoms with E-state index >= 15 is 0 Å². The molecule has 0 saturated carbocycles. The van der Waals surface area contributed by atoms with Gasteiger partial charge in [-0.25, -0.2) is 14.2 Å². The quantitative estimate of drug-likeness (QED) is 0.803. The van der Waals surface area contributed by atoms with Crippen molar-refractivity contribution in [2.45, 2.75) is 6.42 Å². The van der Waals surface area contributed by atoms with Crippen molar-refractivity contribution in [3.8, 4) is 0 Å². The third kappa shape index (κ3) is 4.10.